The van der Waals surface area contributed by atoms with Gasteiger partial charge in [-0.2, -0.15) is 9.97 Å². The number of hydrogen-bond donors (Lipinski definition) is 0. The van der Waals surface area contributed by atoms with Gasteiger partial charge in [-0.25, -0.2) is 4.98 Å². The van der Waals surface area contributed by atoms with E-state index in [-0.39, 0.29) is 0 Å². The Morgan fingerprint density at radius 3 is 1.64 bits per heavy atom. The molecule has 3 heterocycles. The van der Waals surface area contributed by atoms with Gasteiger partial charge in [-0.1, -0.05) is 182 Å². The van der Waals surface area contributed by atoms with Crippen LogP contribution >= 0.6 is 0 Å². The van der Waals surface area contributed by atoms with Gasteiger partial charge in [0.2, 0.25) is 5.95 Å². The van der Waals surface area contributed by atoms with Crippen LogP contribution in [0.3, 0.4) is 0 Å². The van der Waals surface area contributed by atoms with Gasteiger partial charge in [-0.15, -0.1) is 0 Å². The molecule has 3 aromatic heterocycles. The van der Waals surface area contributed by atoms with E-state index in [2.05, 4.69) is 185 Å². The number of nitrogens with zero attached hydrogens (tertiary/aromatic N) is 5. The zero-order valence-corrected chi connectivity index (χ0v) is 35.5. The minimum absolute atomic E-state index is 0.556. The Hall–Kier alpha value is -8.87. The van der Waals surface area contributed by atoms with E-state index in [0.717, 1.165) is 72.3 Å². The van der Waals surface area contributed by atoms with Gasteiger partial charge in [0.15, 0.2) is 17.2 Å². The Bertz CT molecular complexity index is 3790. The first-order chi connectivity index (χ1) is 32.8. The topological polar surface area (TPSA) is 60.0 Å². The van der Waals surface area contributed by atoms with Crippen LogP contribution in [0, 0.1) is 0 Å². The molecule has 2 aliphatic carbocycles. The molecule has 14 rings (SSSR count). The third-order valence-electron chi connectivity index (χ3n) is 13.6. The maximum atomic E-state index is 6.75. The molecule has 0 aliphatic heterocycles. The molecule has 12 aromatic rings. The molecular formula is C60H37N5O. The van der Waals surface area contributed by atoms with Crippen LogP contribution in [0.1, 0.15) is 22.3 Å². The van der Waals surface area contributed by atoms with Crippen molar-refractivity contribution < 1.29 is 4.42 Å². The number of rotatable bonds is 6. The summed E-state index contributed by atoms with van der Waals surface area (Å²) in [6.07, 6.45) is 0. The van der Waals surface area contributed by atoms with Crippen molar-refractivity contribution in [1.29, 1.82) is 0 Å². The molecule has 6 nitrogen and oxygen atoms in total. The highest BCUT2D eigenvalue weighted by molar-refractivity contribution is 6.11. The van der Waals surface area contributed by atoms with Crippen LogP contribution in [0.4, 0.5) is 17.1 Å². The van der Waals surface area contributed by atoms with Crippen LogP contribution in [0.2, 0.25) is 0 Å². The first-order valence-corrected chi connectivity index (χ1v) is 22.4. The number of hydrogen-bond acceptors (Lipinski definition) is 5. The number of anilines is 3. The Labute approximate surface area is 380 Å². The number of benzene rings is 9. The maximum Gasteiger partial charge on any atom is 0.238 e. The van der Waals surface area contributed by atoms with E-state index >= 15 is 0 Å². The van der Waals surface area contributed by atoms with Gasteiger partial charge in [0.05, 0.1) is 22.3 Å². The fraction of sp³-hybridized carbons (Fsp3) is 0.0167. The van der Waals surface area contributed by atoms with Crippen LogP contribution in [-0.2, 0) is 5.41 Å². The Balaban J connectivity index is 1.13. The summed E-state index contributed by atoms with van der Waals surface area (Å²) in [6.45, 7) is 0. The van der Waals surface area contributed by atoms with E-state index in [1.165, 1.54) is 33.4 Å². The van der Waals surface area contributed by atoms with Crippen molar-refractivity contribution >= 4 is 49.9 Å². The SMILES string of the molecule is c1ccc(-c2nc(-c3ccccc3)nc(-n3c4c(c5cc(N(c6ccccc6)c6cccc7c6oc6ccccc67)ccc53)C3(c5ccccc5-c5ccccc53)c3ccccc3-4)n2)cc1. The van der Waals surface area contributed by atoms with Crippen LogP contribution in [0.25, 0.3) is 83.9 Å². The van der Waals surface area contributed by atoms with Gasteiger partial charge in [-0.05, 0) is 70.3 Å². The Morgan fingerprint density at radius 1 is 0.424 bits per heavy atom. The highest BCUT2D eigenvalue weighted by Crippen LogP contribution is 2.65. The van der Waals surface area contributed by atoms with Crippen LogP contribution in [0.5, 0.6) is 0 Å². The normalized spacial score (nSPS) is 13.0. The molecule has 308 valence electrons. The van der Waals surface area contributed by atoms with E-state index in [9.17, 15) is 0 Å². The zero-order chi connectivity index (χ0) is 43.3. The molecule has 0 amide bonds. The van der Waals surface area contributed by atoms with Crippen molar-refractivity contribution in [1.82, 2.24) is 19.5 Å². The van der Waals surface area contributed by atoms with Gasteiger partial charge in [0, 0.05) is 49.8 Å². The number of fused-ring (bicyclic) bond motifs is 15. The van der Waals surface area contributed by atoms with Gasteiger partial charge in [-0.3, -0.25) is 4.57 Å². The minimum atomic E-state index is -0.644. The molecule has 1 spiro atoms. The molecule has 66 heavy (non-hydrogen) atoms. The molecular weight excluding hydrogens is 807 g/mol. The summed E-state index contributed by atoms with van der Waals surface area (Å²) < 4.78 is 9.06. The second-order valence-corrected chi connectivity index (χ2v) is 17.1. The Morgan fingerprint density at radius 2 is 0.970 bits per heavy atom. The first kappa shape index (κ1) is 36.6. The molecule has 0 unspecified atom stereocenters. The van der Waals surface area contributed by atoms with Crippen molar-refractivity contribution in [2.75, 3.05) is 4.90 Å². The zero-order valence-electron chi connectivity index (χ0n) is 35.5. The largest absolute Gasteiger partial charge is 0.454 e. The van der Waals surface area contributed by atoms with Crippen molar-refractivity contribution in [3.05, 3.63) is 247 Å². The van der Waals surface area contributed by atoms with E-state index in [1.807, 2.05) is 48.5 Å². The van der Waals surface area contributed by atoms with Gasteiger partial charge in [0.25, 0.3) is 0 Å². The second kappa shape index (κ2) is 14.1. The average molecular weight is 844 g/mol. The van der Waals surface area contributed by atoms with Crippen molar-refractivity contribution in [2.24, 2.45) is 0 Å². The predicted molar refractivity (Wildman–Crippen MR) is 266 cm³/mol. The Kier molecular flexibility index (Phi) is 7.80. The lowest BCUT2D eigenvalue weighted by molar-refractivity contribution is 0.669. The molecule has 6 heteroatoms. The highest BCUT2D eigenvalue weighted by Gasteiger charge is 2.54. The van der Waals surface area contributed by atoms with Gasteiger partial charge in [0.1, 0.15) is 5.58 Å². The number of furan rings is 1. The average Bonchev–Trinajstić information content (AvgIpc) is 4.11. The van der Waals surface area contributed by atoms with E-state index in [1.54, 1.807) is 0 Å². The lowest BCUT2D eigenvalue weighted by Crippen LogP contribution is -2.25. The third-order valence-corrected chi connectivity index (χ3v) is 13.6. The summed E-state index contributed by atoms with van der Waals surface area (Å²) in [7, 11) is 0. The lowest BCUT2D eigenvalue weighted by Gasteiger charge is -2.30. The smallest absolute Gasteiger partial charge is 0.238 e. The fourth-order valence-electron chi connectivity index (χ4n) is 11.0. The summed E-state index contributed by atoms with van der Waals surface area (Å²) in [5.41, 5.74) is 16.5. The molecule has 0 fully saturated rings. The maximum absolute atomic E-state index is 6.75. The van der Waals surface area contributed by atoms with Crippen molar-refractivity contribution in [2.45, 2.75) is 5.41 Å². The standard InChI is InChI=1S/C60H37N5O/c1-4-19-38(20-5-1)57-61-58(39-21-6-2-7-22-39)63-59(62-57)65-51-36-35-41(64(40-23-8-3-9-24-40)52-33-18-29-45-44-27-13-17-34-53(44)66-56(45)52)37-47(51)54-55(65)46-28-12-16-32-50(46)60(54)48-30-14-10-25-42(48)43-26-11-15-31-49(43)60/h1-37H. The van der Waals surface area contributed by atoms with Crippen LogP contribution in [0.15, 0.2) is 229 Å². The molecule has 0 saturated heterocycles. The molecule has 0 radical (unpaired) electrons. The number of aromatic nitrogens is 4. The quantitative estimate of drug-likeness (QED) is 0.167. The van der Waals surface area contributed by atoms with E-state index in [4.69, 9.17) is 19.4 Å². The van der Waals surface area contributed by atoms with Gasteiger partial charge >= 0.3 is 0 Å². The third kappa shape index (κ3) is 5.09. The van der Waals surface area contributed by atoms with Crippen molar-refractivity contribution in [3.8, 4) is 51.1 Å². The molecule has 0 atom stereocenters. The summed E-state index contributed by atoms with van der Waals surface area (Å²) in [6, 6.07) is 79.5. The van der Waals surface area contributed by atoms with E-state index in [0.29, 0.717) is 17.6 Å². The second-order valence-electron chi connectivity index (χ2n) is 17.1. The predicted octanol–water partition coefficient (Wildman–Crippen LogP) is 14.9. The summed E-state index contributed by atoms with van der Waals surface area (Å²) in [4.78, 5) is 18.3. The monoisotopic (exact) mass is 843 g/mol. The fourth-order valence-corrected chi connectivity index (χ4v) is 11.0. The molecule has 0 saturated carbocycles. The summed E-state index contributed by atoms with van der Waals surface area (Å²) in [5.74, 6) is 1.77. The molecule has 0 N–H and O–H groups in total. The van der Waals surface area contributed by atoms with E-state index < -0.39 is 5.41 Å². The number of para-hydroxylation sites is 3. The van der Waals surface area contributed by atoms with Crippen LogP contribution < -0.4 is 4.90 Å². The van der Waals surface area contributed by atoms with Crippen LogP contribution in [-0.4, -0.2) is 19.5 Å². The lowest BCUT2D eigenvalue weighted by atomic mass is 9.70. The molecule has 2 aliphatic rings. The summed E-state index contributed by atoms with van der Waals surface area (Å²) in [5, 5.41) is 3.27. The van der Waals surface area contributed by atoms with Gasteiger partial charge < -0.3 is 9.32 Å². The highest BCUT2D eigenvalue weighted by atomic mass is 16.3. The minimum Gasteiger partial charge on any atom is -0.454 e. The molecule has 9 aromatic carbocycles. The summed E-state index contributed by atoms with van der Waals surface area (Å²) >= 11 is 0. The first-order valence-electron chi connectivity index (χ1n) is 22.4. The molecule has 0 bridgehead atoms. The van der Waals surface area contributed by atoms with Crippen molar-refractivity contribution in [3.63, 3.8) is 0 Å².